The quantitative estimate of drug-likeness (QED) is 0.743. The standard InChI is InChI=1S/C17H16N2O7/c1-24-15(21)11-4-6-12(7-5-11)16(22)26-10-14(20)19-17(23)18-9-13-3-2-8-25-13/h2-8H,9-10H2,1H3,(H2,18,19,20,23). The predicted octanol–water partition coefficient (Wildman–Crippen LogP) is 1.25. The van der Waals surface area contributed by atoms with E-state index in [4.69, 9.17) is 9.15 Å². The van der Waals surface area contributed by atoms with Gasteiger partial charge in [0.2, 0.25) is 0 Å². The van der Waals surface area contributed by atoms with E-state index in [0.29, 0.717) is 5.76 Å². The van der Waals surface area contributed by atoms with Crippen LogP contribution in [0.25, 0.3) is 0 Å². The number of urea groups is 1. The summed E-state index contributed by atoms with van der Waals surface area (Å²) >= 11 is 0. The molecule has 26 heavy (non-hydrogen) atoms. The normalized spacial score (nSPS) is 9.88. The van der Waals surface area contributed by atoms with E-state index in [1.807, 2.05) is 5.32 Å². The second-order valence-corrected chi connectivity index (χ2v) is 4.96. The summed E-state index contributed by atoms with van der Waals surface area (Å²) in [6, 6.07) is 8.09. The van der Waals surface area contributed by atoms with Crippen LogP contribution in [0.15, 0.2) is 47.1 Å². The SMILES string of the molecule is COC(=O)c1ccc(C(=O)OCC(=O)NC(=O)NCc2ccco2)cc1. The minimum Gasteiger partial charge on any atom is -0.467 e. The fourth-order valence-electron chi connectivity index (χ4n) is 1.86. The fourth-order valence-corrected chi connectivity index (χ4v) is 1.86. The van der Waals surface area contributed by atoms with Gasteiger partial charge in [-0.25, -0.2) is 14.4 Å². The van der Waals surface area contributed by atoms with E-state index in [-0.39, 0.29) is 17.7 Å². The van der Waals surface area contributed by atoms with Gasteiger partial charge in [0.15, 0.2) is 6.61 Å². The maximum atomic E-state index is 11.8. The van der Waals surface area contributed by atoms with E-state index in [2.05, 4.69) is 10.1 Å². The van der Waals surface area contributed by atoms with Crippen molar-refractivity contribution in [2.24, 2.45) is 0 Å². The molecular formula is C17H16N2O7. The minimum absolute atomic E-state index is 0.110. The van der Waals surface area contributed by atoms with E-state index in [9.17, 15) is 19.2 Å². The highest BCUT2D eigenvalue weighted by atomic mass is 16.5. The molecule has 1 aromatic carbocycles. The maximum absolute atomic E-state index is 11.8. The van der Waals surface area contributed by atoms with Gasteiger partial charge in [-0.1, -0.05) is 0 Å². The number of ether oxygens (including phenoxy) is 2. The third-order valence-corrected chi connectivity index (χ3v) is 3.13. The van der Waals surface area contributed by atoms with Crippen molar-refractivity contribution in [3.63, 3.8) is 0 Å². The average Bonchev–Trinajstić information content (AvgIpc) is 3.17. The maximum Gasteiger partial charge on any atom is 0.338 e. The van der Waals surface area contributed by atoms with E-state index in [1.54, 1.807) is 12.1 Å². The minimum atomic E-state index is -0.790. The molecule has 0 atom stereocenters. The van der Waals surface area contributed by atoms with Gasteiger partial charge >= 0.3 is 18.0 Å². The molecule has 0 saturated carbocycles. The Morgan fingerprint density at radius 3 is 2.23 bits per heavy atom. The van der Waals surface area contributed by atoms with Gasteiger partial charge in [-0.2, -0.15) is 0 Å². The van der Waals surface area contributed by atoms with Crippen molar-refractivity contribution in [3.8, 4) is 0 Å². The van der Waals surface area contributed by atoms with Crippen molar-refractivity contribution in [3.05, 3.63) is 59.5 Å². The highest BCUT2D eigenvalue weighted by Crippen LogP contribution is 2.07. The van der Waals surface area contributed by atoms with Gasteiger partial charge in [0.25, 0.3) is 5.91 Å². The van der Waals surface area contributed by atoms with Crippen LogP contribution in [0.5, 0.6) is 0 Å². The predicted molar refractivity (Wildman–Crippen MR) is 87.2 cm³/mol. The van der Waals surface area contributed by atoms with Crippen molar-refractivity contribution in [2.45, 2.75) is 6.54 Å². The number of methoxy groups -OCH3 is 1. The number of imide groups is 1. The molecule has 136 valence electrons. The molecule has 1 heterocycles. The zero-order chi connectivity index (χ0) is 18.9. The Labute approximate surface area is 148 Å². The van der Waals surface area contributed by atoms with Gasteiger partial charge in [0.1, 0.15) is 5.76 Å². The van der Waals surface area contributed by atoms with Gasteiger partial charge in [-0.3, -0.25) is 10.1 Å². The lowest BCUT2D eigenvalue weighted by Crippen LogP contribution is -2.41. The molecule has 0 saturated heterocycles. The zero-order valence-electron chi connectivity index (χ0n) is 13.8. The Morgan fingerprint density at radius 2 is 1.65 bits per heavy atom. The second-order valence-electron chi connectivity index (χ2n) is 4.96. The van der Waals surface area contributed by atoms with Crippen molar-refractivity contribution in [1.82, 2.24) is 10.6 Å². The van der Waals surface area contributed by atoms with E-state index < -0.39 is 30.5 Å². The molecule has 2 rings (SSSR count). The van der Waals surface area contributed by atoms with Gasteiger partial charge in [0, 0.05) is 0 Å². The van der Waals surface area contributed by atoms with Crippen LogP contribution < -0.4 is 10.6 Å². The van der Waals surface area contributed by atoms with E-state index >= 15 is 0 Å². The summed E-state index contributed by atoms with van der Waals surface area (Å²) in [7, 11) is 1.24. The second kappa shape index (κ2) is 9.02. The Bertz CT molecular complexity index is 782. The molecule has 0 bridgehead atoms. The number of esters is 2. The summed E-state index contributed by atoms with van der Waals surface area (Å²) in [5.74, 6) is -1.58. The smallest absolute Gasteiger partial charge is 0.338 e. The number of carbonyl (C=O) groups is 4. The van der Waals surface area contributed by atoms with Crippen LogP contribution in [0.4, 0.5) is 4.79 Å². The molecule has 0 unspecified atom stereocenters. The summed E-state index contributed by atoms with van der Waals surface area (Å²) < 4.78 is 14.4. The first kappa shape index (κ1) is 18.7. The van der Waals surface area contributed by atoms with Crippen LogP contribution in [0.2, 0.25) is 0 Å². The topological polar surface area (TPSA) is 124 Å². The molecule has 0 aliphatic heterocycles. The first-order chi connectivity index (χ1) is 12.5. The Morgan fingerprint density at radius 1 is 1.00 bits per heavy atom. The molecule has 1 aromatic heterocycles. The van der Waals surface area contributed by atoms with Gasteiger partial charge in [0.05, 0.1) is 31.0 Å². The summed E-state index contributed by atoms with van der Waals surface area (Å²) in [5.41, 5.74) is 0.419. The molecule has 9 heteroatoms. The highest BCUT2D eigenvalue weighted by Gasteiger charge is 2.13. The average molecular weight is 360 g/mol. The lowest BCUT2D eigenvalue weighted by atomic mass is 10.1. The number of rotatable bonds is 6. The van der Waals surface area contributed by atoms with Crippen molar-refractivity contribution in [2.75, 3.05) is 13.7 Å². The molecule has 0 radical (unpaired) electrons. The van der Waals surface area contributed by atoms with Crippen molar-refractivity contribution in [1.29, 1.82) is 0 Å². The Balaban J connectivity index is 1.74. The number of furan rings is 1. The molecule has 2 aromatic rings. The van der Waals surface area contributed by atoms with Crippen LogP contribution in [-0.2, 0) is 20.8 Å². The number of carbonyl (C=O) groups excluding carboxylic acids is 4. The number of hydrogen-bond donors (Lipinski definition) is 2. The third kappa shape index (κ3) is 5.48. The lowest BCUT2D eigenvalue weighted by molar-refractivity contribution is -0.123. The largest absolute Gasteiger partial charge is 0.467 e. The summed E-state index contributed by atoms with van der Waals surface area (Å²) in [6.45, 7) is -0.524. The van der Waals surface area contributed by atoms with Crippen LogP contribution in [-0.4, -0.2) is 37.6 Å². The molecule has 0 spiro atoms. The number of hydrogen-bond acceptors (Lipinski definition) is 7. The highest BCUT2D eigenvalue weighted by molar-refractivity contribution is 5.97. The Hall–Kier alpha value is -3.62. The van der Waals surface area contributed by atoms with Gasteiger partial charge in [-0.15, -0.1) is 0 Å². The number of amides is 3. The van der Waals surface area contributed by atoms with Crippen LogP contribution in [0.1, 0.15) is 26.5 Å². The molecule has 2 N–H and O–H groups in total. The van der Waals surface area contributed by atoms with Crippen LogP contribution in [0.3, 0.4) is 0 Å². The molecular weight excluding hydrogens is 344 g/mol. The molecule has 9 nitrogen and oxygen atoms in total. The fraction of sp³-hybridized carbons (Fsp3) is 0.176. The first-order valence-corrected chi connectivity index (χ1v) is 7.45. The van der Waals surface area contributed by atoms with Gasteiger partial charge in [-0.05, 0) is 36.4 Å². The van der Waals surface area contributed by atoms with Crippen LogP contribution >= 0.6 is 0 Å². The van der Waals surface area contributed by atoms with E-state index in [0.717, 1.165) is 0 Å². The number of nitrogens with one attached hydrogen (secondary N) is 2. The van der Waals surface area contributed by atoms with Crippen molar-refractivity contribution >= 4 is 23.9 Å². The van der Waals surface area contributed by atoms with Crippen molar-refractivity contribution < 1.29 is 33.1 Å². The van der Waals surface area contributed by atoms with E-state index in [1.165, 1.54) is 37.6 Å². The van der Waals surface area contributed by atoms with Gasteiger partial charge < -0.3 is 19.2 Å². The molecule has 0 fully saturated rings. The number of benzene rings is 1. The summed E-state index contributed by atoms with van der Waals surface area (Å²) in [4.78, 5) is 46.3. The Kier molecular flexibility index (Phi) is 6.49. The molecule has 0 aliphatic rings. The summed E-state index contributed by atoms with van der Waals surface area (Å²) in [6.07, 6.45) is 1.46. The zero-order valence-corrected chi connectivity index (χ0v) is 13.8. The monoisotopic (exact) mass is 360 g/mol. The first-order valence-electron chi connectivity index (χ1n) is 7.45. The summed E-state index contributed by atoms with van der Waals surface area (Å²) in [5, 5.41) is 4.42. The lowest BCUT2D eigenvalue weighted by Gasteiger charge is -2.07. The third-order valence-electron chi connectivity index (χ3n) is 3.13. The molecule has 3 amide bonds. The van der Waals surface area contributed by atoms with Crippen LogP contribution in [0, 0.1) is 0 Å². The molecule has 0 aliphatic carbocycles.